The maximum atomic E-state index is 7.60. The zero-order valence-electron chi connectivity index (χ0n) is 44.6. The average Bonchev–Trinajstić information content (AvgIpc) is 0.867. The fourth-order valence-electron chi connectivity index (χ4n) is 14.9. The van der Waals surface area contributed by atoms with Crippen molar-refractivity contribution in [1.29, 1.82) is 0 Å². The van der Waals surface area contributed by atoms with Gasteiger partial charge in [0.05, 0.1) is 11.4 Å². The van der Waals surface area contributed by atoms with Crippen LogP contribution in [0.5, 0.6) is 69.0 Å². The second-order valence-electron chi connectivity index (χ2n) is 22.5. The SMILES string of the molecule is c1ccc(N2c3cc(-c4cc5c6c(c4)Oc4ccccc4N6c4ccccc4O5)cc4c3B(c3c2cc2c5c3Oc3ccccc3B5c3ccccc3O2)c2c(cc3c5c2Oc2ccccc2B5c2ccccc2O3)N4c2ccccc2)cc1. The van der Waals surface area contributed by atoms with E-state index in [1.807, 2.05) is 24.3 Å². The van der Waals surface area contributed by atoms with Gasteiger partial charge in [0.15, 0.2) is 23.0 Å². The second kappa shape index (κ2) is 16.4. The van der Waals surface area contributed by atoms with Crippen LogP contribution in [0.4, 0.5) is 51.2 Å². The smallest absolute Gasteiger partial charge is 0.261 e. The first-order valence-corrected chi connectivity index (χ1v) is 28.6. The van der Waals surface area contributed by atoms with Gasteiger partial charge in [0.2, 0.25) is 0 Å². The molecular weight excluding hydrogens is 1040 g/mol. The van der Waals surface area contributed by atoms with E-state index >= 15 is 0 Å². The molecule has 0 saturated heterocycles. The lowest BCUT2D eigenvalue weighted by Gasteiger charge is -2.47. The summed E-state index contributed by atoms with van der Waals surface area (Å²) < 4.78 is 43.5. The van der Waals surface area contributed by atoms with E-state index in [2.05, 4.69) is 233 Å². The molecule has 8 heterocycles. The molecule has 0 aliphatic carbocycles. The molecule has 0 saturated carbocycles. The van der Waals surface area contributed by atoms with Crippen molar-refractivity contribution in [2.75, 3.05) is 14.7 Å². The maximum Gasteiger partial charge on any atom is 0.261 e. The molecule has 12 aromatic rings. The van der Waals surface area contributed by atoms with Crippen LogP contribution in [0.1, 0.15) is 0 Å². The van der Waals surface area contributed by atoms with Crippen molar-refractivity contribution in [3.63, 3.8) is 0 Å². The third-order valence-corrected chi connectivity index (χ3v) is 18.2. The van der Waals surface area contributed by atoms with Crippen molar-refractivity contribution in [3.8, 4) is 80.1 Å². The number of nitrogens with zero attached hydrogens (tertiary/aromatic N) is 3. The highest BCUT2D eigenvalue weighted by Crippen LogP contribution is 2.61. The number of ether oxygens (including phenoxy) is 6. The van der Waals surface area contributed by atoms with Crippen molar-refractivity contribution in [2.45, 2.75) is 0 Å². The fourth-order valence-corrected chi connectivity index (χ4v) is 14.9. The third kappa shape index (κ3) is 5.90. The number of benzene rings is 12. The second-order valence-corrected chi connectivity index (χ2v) is 22.5. The largest absolute Gasteiger partial charge is 0.459 e. The minimum absolute atomic E-state index is 0.170. The summed E-state index contributed by atoms with van der Waals surface area (Å²) in [5.41, 5.74) is 19.9. The van der Waals surface area contributed by atoms with E-state index in [-0.39, 0.29) is 13.4 Å². The zero-order chi connectivity index (χ0) is 54.5. The minimum atomic E-state index is -0.473. The molecule has 8 aliphatic heterocycles. The highest BCUT2D eigenvalue weighted by Gasteiger charge is 2.54. The molecule has 0 atom stereocenters. The van der Waals surface area contributed by atoms with Crippen LogP contribution in [0, 0.1) is 0 Å². The van der Waals surface area contributed by atoms with Gasteiger partial charge in [0.1, 0.15) is 51.7 Å². The summed E-state index contributed by atoms with van der Waals surface area (Å²) in [6.45, 7) is -0.814. The molecule has 0 spiro atoms. The topological polar surface area (TPSA) is 65.1 Å². The van der Waals surface area contributed by atoms with Crippen LogP contribution in [-0.4, -0.2) is 20.1 Å². The summed E-state index contributed by atoms with van der Waals surface area (Å²) in [7, 11) is 0. The normalized spacial score (nSPS) is 14.4. The lowest BCUT2D eigenvalue weighted by molar-refractivity contribution is 0.446. The maximum absolute atomic E-state index is 7.60. The minimum Gasteiger partial charge on any atom is -0.459 e. The third-order valence-electron chi connectivity index (χ3n) is 18.2. The Balaban J connectivity index is 0.924. The molecule has 12 aromatic carbocycles. The number of hydrogen-bond acceptors (Lipinski definition) is 9. The Labute approximate surface area is 483 Å². The van der Waals surface area contributed by atoms with Crippen molar-refractivity contribution in [3.05, 3.63) is 243 Å². The molecule has 0 amide bonds. The predicted molar refractivity (Wildman–Crippen MR) is 336 cm³/mol. The number of fused-ring (bicyclic) bond motifs is 18. The van der Waals surface area contributed by atoms with E-state index < -0.39 is 6.71 Å². The van der Waals surface area contributed by atoms with E-state index in [9.17, 15) is 0 Å². The molecule has 0 unspecified atom stereocenters. The fraction of sp³-hybridized carbons (Fsp3) is 0. The van der Waals surface area contributed by atoms with Gasteiger partial charge in [0, 0.05) is 57.2 Å². The molecule has 0 fully saturated rings. The van der Waals surface area contributed by atoms with Gasteiger partial charge in [0.25, 0.3) is 20.1 Å². The van der Waals surface area contributed by atoms with Crippen LogP contribution in [0.3, 0.4) is 0 Å². The molecule has 0 aromatic heterocycles. The van der Waals surface area contributed by atoms with Gasteiger partial charge in [-0.15, -0.1) is 0 Å². The van der Waals surface area contributed by atoms with E-state index in [4.69, 9.17) is 28.4 Å². The summed E-state index contributed by atoms with van der Waals surface area (Å²) in [5.74, 6) is 9.25. The number of para-hydroxylation sites is 10. The lowest BCUT2D eigenvalue weighted by Crippen LogP contribution is -2.66. The van der Waals surface area contributed by atoms with E-state index in [1.165, 1.54) is 0 Å². The Morgan fingerprint density at radius 2 is 0.571 bits per heavy atom. The van der Waals surface area contributed by atoms with Crippen molar-refractivity contribution < 1.29 is 28.4 Å². The van der Waals surface area contributed by atoms with Crippen molar-refractivity contribution in [2.24, 2.45) is 0 Å². The average molecular weight is 1080 g/mol. The van der Waals surface area contributed by atoms with Crippen LogP contribution < -0.4 is 92.3 Å². The van der Waals surface area contributed by atoms with Crippen LogP contribution in [0.2, 0.25) is 0 Å². The van der Waals surface area contributed by atoms with Crippen LogP contribution in [0.25, 0.3) is 11.1 Å². The quantitative estimate of drug-likeness (QED) is 0.161. The van der Waals surface area contributed by atoms with Gasteiger partial charge < -0.3 is 38.2 Å². The Kier molecular flexibility index (Phi) is 8.72. The van der Waals surface area contributed by atoms with Crippen molar-refractivity contribution in [1.82, 2.24) is 0 Å². The predicted octanol–water partition coefficient (Wildman–Crippen LogP) is 12.6. The van der Waals surface area contributed by atoms with E-state index in [0.29, 0.717) is 11.5 Å². The highest BCUT2D eigenvalue weighted by atomic mass is 16.5. The monoisotopic (exact) mass is 1080 g/mol. The van der Waals surface area contributed by atoms with Crippen molar-refractivity contribution >= 4 is 120 Å². The van der Waals surface area contributed by atoms with Gasteiger partial charge in [-0.2, -0.15) is 0 Å². The Bertz CT molecular complexity index is 4620. The Morgan fingerprint density at radius 1 is 0.226 bits per heavy atom. The van der Waals surface area contributed by atoms with Gasteiger partial charge in [-0.25, -0.2) is 0 Å². The molecular formula is C72H40B3N3O6. The van der Waals surface area contributed by atoms with Gasteiger partial charge in [-0.1, -0.05) is 133 Å². The first-order valence-electron chi connectivity index (χ1n) is 28.6. The molecule has 20 rings (SSSR count). The molecule has 12 heteroatoms. The van der Waals surface area contributed by atoms with Gasteiger partial charge >= 0.3 is 0 Å². The lowest BCUT2D eigenvalue weighted by atomic mass is 9.28. The molecule has 84 heavy (non-hydrogen) atoms. The summed E-state index contributed by atoms with van der Waals surface area (Å²) in [5, 5.41) is 0. The first kappa shape index (κ1) is 44.7. The molecule has 8 aliphatic rings. The summed E-state index contributed by atoms with van der Waals surface area (Å²) in [6.07, 6.45) is 0. The van der Waals surface area contributed by atoms with Crippen LogP contribution in [-0.2, 0) is 0 Å². The highest BCUT2D eigenvalue weighted by molar-refractivity contribution is 7.05. The molecule has 388 valence electrons. The molecule has 0 bridgehead atoms. The zero-order valence-corrected chi connectivity index (χ0v) is 44.6. The summed E-state index contributed by atoms with van der Waals surface area (Å²) >= 11 is 0. The van der Waals surface area contributed by atoms with Gasteiger partial charge in [-0.05, 0) is 146 Å². The molecule has 0 N–H and O–H groups in total. The van der Waals surface area contributed by atoms with Crippen LogP contribution in [0.15, 0.2) is 243 Å². The number of anilines is 9. The number of hydrogen-bond donors (Lipinski definition) is 0. The molecule has 0 radical (unpaired) electrons. The molecule has 9 nitrogen and oxygen atoms in total. The van der Waals surface area contributed by atoms with E-state index in [0.717, 1.165) is 169 Å². The number of rotatable bonds is 3. The standard InChI is InChI=1S/C72H40B3N3O6/c1-3-19-43(20-4-1)76-51-35-41(42-37-63-70-64(38-42)82-60-34-18-12-28-50(60)78(70)49-27-11-17-33-59(49)81-63)36-52-65(51)75(66-53(76)39-61-68-71(66)83-57-31-15-9-25-47(57)73(68)45-23-7-13-29-55(45)79-61)67-54(77(52)44-21-5-2-6-22-44)40-62-69-72(67)84-58-32-16-10-26-48(58)74(69)46-24-8-14-30-56(46)80-62/h1-40H. The Hall–Kier alpha value is -11.0. The summed E-state index contributed by atoms with van der Waals surface area (Å²) in [6, 6.07) is 85.4. The Morgan fingerprint density at radius 3 is 1.01 bits per heavy atom. The first-order chi connectivity index (χ1) is 41.7. The van der Waals surface area contributed by atoms with E-state index in [1.54, 1.807) is 0 Å². The van der Waals surface area contributed by atoms with Crippen LogP contribution >= 0.6 is 0 Å². The summed E-state index contributed by atoms with van der Waals surface area (Å²) in [4.78, 5) is 7.12. The van der Waals surface area contributed by atoms with Gasteiger partial charge in [-0.3, -0.25) is 4.90 Å².